The third-order valence-corrected chi connectivity index (χ3v) is 2.10. The summed E-state index contributed by atoms with van der Waals surface area (Å²) in [5, 5.41) is 7.97. The summed E-state index contributed by atoms with van der Waals surface area (Å²) in [7, 11) is 0. The minimum absolute atomic E-state index is 1.07. The fraction of sp³-hybridized carbons (Fsp3) is 0.833. The van der Waals surface area contributed by atoms with Gasteiger partial charge in [0.2, 0.25) is 0 Å². The van der Waals surface area contributed by atoms with Crippen LogP contribution < -0.4 is 0 Å². The summed E-state index contributed by atoms with van der Waals surface area (Å²) < 4.78 is 0. The van der Waals surface area contributed by atoms with Crippen LogP contribution in [0.25, 0.3) is 0 Å². The van der Waals surface area contributed by atoms with Crippen molar-refractivity contribution < 1.29 is 0 Å². The van der Waals surface area contributed by atoms with E-state index < -0.39 is 0 Å². The summed E-state index contributed by atoms with van der Waals surface area (Å²) in [6.07, 6.45) is 13.6. The molecule has 0 radical (unpaired) electrons. The number of nitrogens with zero attached hydrogens (tertiary/aromatic N) is 2. The third-order valence-electron chi connectivity index (χ3n) is 2.10. The van der Waals surface area contributed by atoms with Crippen molar-refractivity contribution in [1.29, 1.82) is 0 Å². The van der Waals surface area contributed by atoms with E-state index in [0.29, 0.717) is 0 Å². The van der Waals surface area contributed by atoms with E-state index in [-0.39, 0.29) is 0 Å². The molecule has 0 unspecified atom stereocenters. The summed E-state index contributed by atoms with van der Waals surface area (Å²) in [5.74, 6) is 0. The van der Waals surface area contributed by atoms with Gasteiger partial charge in [-0.1, -0.05) is 39.5 Å². The van der Waals surface area contributed by atoms with Gasteiger partial charge in [0.1, 0.15) is 0 Å². The van der Waals surface area contributed by atoms with Crippen molar-refractivity contribution in [2.45, 2.75) is 65.2 Å². The van der Waals surface area contributed by atoms with Crippen molar-refractivity contribution in [3.8, 4) is 0 Å². The molecule has 0 aliphatic rings. The van der Waals surface area contributed by atoms with Crippen molar-refractivity contribution in [3.05, 3.63) is 0 Å². The first-order valence-electron chi connectivity index (χ1n) is 5.95. The largest absolute Gasteiger partial charge is 0.164 e. The summed E-state index contributed by atoms with van der Waals surface area (Å²) in [6.45, 7) is 4.42. The highest BCUT2D eigenvalue weighted by Gasteiger charge is 1.82. The van der Waals surface area contributed by atoms with Crippen LogP contribution in [0.1, 0.15) is 65.2 Å². The molecule has 82 valence electrons. The SMILES string of the molecule is CCCCC/C=N\N=C/CCCCC. The molecule has 0 heterocycles. The Kier molecular flexibility index (Phi) is 11.8. The molecule has 14 heavy (non-hydrogen) atoms. The quantitative estimate of drug-likeness (QED) is 0.300. The Labute approximate surface area is 88.5 Å². The van der Waals surface area contributed by atoms with Gasteiger partial charge in [0, 0.05) is 12.4 Å². The van der Waals surface area contributed by atoms with Crippen molar-refractivity contribution in [1.82, 2.24) is 0 Å². The molecule has 0 saturated carbocycles. The molecular weight excluding hydrogens is 172 g/mol. The van der Waals surface area contributed by atoms with Crippen LogP contribution >= 0.6 is 0 Å². The van der Waals surface area contributed by atoms with Crippen LogP contribution in [0.2, 0.25) is 0 Å². The van der Waals surface area contributed by atoms with Gasteiger partial charge < -0.3 is 0 Å². The Balaban J connectivity index is 3.15. The number of hydrogen-bond acceptors (Lipinski definition) is 2. The van der Waals surface area contributed by atoms with E-state index in [0.717, 1.165) is 12.8 Å². The molecule has 0 atom stereocenters. The number of rotatable bonds is 9. The monoisotopic (exact) mass is 196 g/mol. The van der Waals surface area contributed by atoms with E-state index in [1.165, 1.54) is 38.5 Å². The molecule has 0 fully saturated rings. The summed E-state index contributed by atoms with van der Waals surface area (Å²) in [6, 6.07) is 0. The highest BCUT2D eigenvalue weighted by atomic mass is 15.2. The third kappa shape index (κ3) is 11.3. The Morgan fingerprint density at radius 3 is 1.50 bits per heavy atom. The van der Waals surface area contributed by atoms with Gasteiger partial charge >= 0.3 is 0 Å². The average Bonchev–Trinajstić information content (AvgIpc) is 2.21. The predicted molar refractivity (Wildman–Crippen MR) is 65.3 cm³/mol. The summed E-state index contributed by atoms with van der Waals surface area (Å²) >= 11 is 0. The topological polar surface area (TPSA) is 24.7 Å². The first-order chi connectivity index (χ1) is 6.91. The van der Waals surface area contributed by atoms with E-state index in [9.17, 15) is 0 Å². The van der Waals surface area contributed by atoms with Crippen LogP contribution in [0.4, 0.5) is 0 Å². The number of unbranched alkanes of at least 4 members (excludes halogenated alkanes) is 6. The van der Waals surface area contributed by atoms with Gasteiger partial charge in [-0.25, -0.2) is 0 Å². The van der Waals surface area contributed by atoms with Crippen LogP contribution in [0.5, 0.6) is 0 Å². The van der Waals surface area contributed by atoms with Gasteiger partial charge in [-0.15, -0.1) is 0 Å². The molecule has 0 rings (SSSR count). The van der Waals surface area contributed by atoms with Gasteiger partial charge in [0.05, 0.1) is 0 Å². The van der Waals surface area contributed by atoms with Gasteiger partial charge in [-0.05, 0) is 25.7 Å². The minimum atomic E-state index is 1.07. The van der Waals surface area contributed by atoms with Crippen LogP contribution in [0.3, 0.4) is 0 Å². The summed E-state index contributed by atoms with van der Waals surface area (Å²) in [5.41, 5.74) is 0. The first kappa shape index (κ1) is 13.3. The van der Waals surface area contributed by atoms with Gasteiger partial charge in [0.15, 0.2) is 0 Å². The first-order valence-corrected chi connectivity index (χ1v) is 5.95. The Morgan fingerprint density at radius 2 is 1.14 bits per heavy atom. The van der Waals surface area contributed by atoms with Crippen LogP contribution in [0, 0.1) is 0 Å². The molecule has 0 N–H and O–H groups in total. The molecule has 2 nitrogen and oxygen atoms in total. The molecule has 0 spiro atoms. The zero-order valence-corrected chi connectivity index (χ0v) is 9.71. The Hall–Kier alpha value is -0.660. The second-order valence-corrected chi connectivity index (χ2v) is 3.59. The molecule has 0 bridgehead atoms. The maximum Gasteiger partial charge on any atom is 0.0270 e. The number of hydrogen-bond donors (Lipinski definition) is 0. The molecule has 0 aromatic carbocycles. The molecule has 0 aromatic heterocycles. The van der Waals surface area contributed by atoms with Gasteiger partial charge in [-0.2, -0.15) is 10.2 Å². The standard InChI is InChI=1S/C12H24N2/c1-3-5-7-9-11-13-14-12-10-8-6-4-2/h11-12H,3-10H2,1-2H3/b13-11-,14-12-. The van der Waals surface area contributed by atoms with E-state index in [1.807, 2.05) is 12.4 Å². The van der Waals surface area contributed by atoms with Crippen LogP contribution in [-0.2, 0) is 0 Å². The molecule has 0 aliphatic carbocycles. The average molecular weight is 196 g/mol. The molecule has 0 aromatic rings. The van der Waals surface area contributed by atoms with E-state index in [1.54, 1.807) is 0 Å². The second kappa shape index (κ2) is 12.3. The minimum Gasteiger partial charge on any atom is -0.164 e. The molecule has 0 amide bonds. The lowest BCUT2D eigenvalue weighted by molar-refractivity contribution is 0.743. The summed E-state index contributed by atoms with van der Waals surface area (Å²) in [4.78, 5) is 0. The molecule has 0 aliphatic heterocycles. The Morgan fingerprint density at radius 1 is 0.714 bits per heavy atom. The van der Waals surface area contributed by atoms with Crippen molar-refractivity contribution in [2.24, 2.45) is 10.2 Å². The predicted octanol–water partition coefficient (Wildman–Crippen LogP) is 4.20. The van der Waals surface area contributed by atoms with Gasteiger partial charge in [0.25, 0.3) is 0 Å². The zero-order valence-electron chi connectivity index (χ0n) is 9.71. The van der Waals surface area contributed by atoms with Crippen molar-refractivity contribution in [2.75, 3.05) is 0 Å². The highest BCUT2D eigenvalue weighted by Crippen LogP contribution is 1.97. The fourth-order valence-electron chi connectivity index (χ4n) is 1.18. The van der Waals surface area contributed by atoms with Gasteiger partial charge in [-0.3, -0.25) is 0 Å². The molecule has 0 saturated heterocycles. The molecule has 2 heteroatoms. The highest BCUT2D eigenvalue weighted by molar-refractivity contribution is 5.61. The lowest BCUT2D eigenvalue weighted by Gasteiger charge is -1.90. The van der Waals surface area contributed by atoms with E-state index in [2.05, 4.69) is 24.1 Å². The maximum atomic E-state index is 3.99. The lowest BCUT2D eigenvalue weighted by atomic mass is 10.2. The van der Waals surface area contributed by atoms with Crippen molar-refractivity contribution >= 4 is 12.4 Å². The lowest BCUT2D eigenvalue weighted by Crippen LogP contribution is -1.78. The normalized spacial score (nSPS) is 11.9. The zero-order chi connectivity index (χ0) is 10.5. The van der Waals surface area contributed by atoms with Crippen LogP contribution in [-0.4, -0.2) is 12.4 Å². The second-order valence-electron chi connectivity index (χ2n) is 3.59. The Bertz CT molecular complexity index is 132. The maximum absolute atomic E-state index is 3.99. The van der Waals surface area contributed by atoms with Crippen molar-refractivity contribution in [3.63, 3.8) is 0 Å². The smallest absolute Gasteiger partial charge is 0.0270 e. The van der Waals surface area contributed by atoms with E-state index >= 15 is 0 Å². The van der Waals surface area contributed by atoms with Crippen LogP contribution in [0.15, 0.2) is 10.2 Å². The fourth-order valence-corrected chi connectivity index (χ4v) is 1.18. The molecular formula is C12H24N2. The van der Waals surface area contributed by atoms with E-state index in [4.69, 9.17) is 0 Å².